The highest BCUT2D eigenvalue weighted by molar-refractivity contribution is 6.01. The molecule has 3 rings (SSSR count). The number of benzene rings is 3. The minimum atomic E-state index is -0.179. The number of carbonyl (C=O) groups excluding carboxylic acids is 2. The number of rotatable bonds is 7. The van der Waals surface area contributed by atoms with Gasteiger partial charge in [0.05, 0.1) is 5.56 Å². The fraction of sp³-hybridized carbons (Fsp3) is 0.130. The molecule has 0 bridgehead atoms. The summed E-state index contributed by atoms with van der Waals surface area (Å²) >= 11 is 0. The van der Waals surface area contributed by atoms with Crippen molar-refractivity contribution in [3.05, 3.63) is 101 Å². The standard InChI is InChI=1S/C23H21NO3/c1-24(23(26)22-10-6-5-9-20(22)16-25)15-18-11-13-21(14-12-18)27-17-19-7-3-2-4-8-19/h2-14,16H,15,17H2,1H3. The van der Waals surface area contributed by atoms with E-state index in [0.29, 0.717) is 30.6 Å². The summed E-state index contributed by atoms with van der Waals surface area (Å²) in [6.07, 6.45) is 0.708. The lowest BCUT2D eigenvalue weighted by atomic mass is 10.1. The SMILES string of the molecule is CN(Cc1ccc(OCc2ccccc2)cc1)C(=O)c1ccccc1C=O. The zero-order valence-corrected chi connectivity index (χ0v) is 15.2. The predicted molar refractivity (Wildman–Crippen MR) is 105 cm³/mol. The lowest BCUT2D eigenvalue weighted by molar-refractivity contribution is 0.0782. The molecule has 4 nitrogen and oxygen atoms in total. The van der Waals surface area contributed by atoms with Crippen molar-refractivity contribution in [1.82, 2.24) is 4.90 Å². The van der Waals surface area contributed by atoms with Gasteiger partial charge in [-0.3, -0.25) is 9.59 Å². The Morgan fingerprint density at radius 2 is 1.56 bits per heavy atom. The van der Waals surface area contributed by atoms with Crippen LogP contribution in [0.5, 0.6) is 5.75 Å². The van der Waals surface area contributed by atoms with E-state index in [1.165, 1.54) is 0 Å². The lowest BCUT2D eigenvalue weighted by Crippen LogP contribution is -2.27. The minimum absolute atomic E-state index is 0.179. The third-order valence-electron chi connectivity index (χ3n) is 4.26. The molecule has 0 aliphatic carbocycles. The number of hydrogen-bond donors (Lipinski definition) is 0. The van der Waals surface area contributed by atoms with Crippen molar-refractivity contribution >= 4 is 12.2 Å². The normalized spacial score (nSPS) is 10.3. The third kappa shape index (κ3) is 4.82. The molecule has 0 aliphatic heterocycles. The summed E-state index contributed by atoms with van der Waals surface area (Å²) in [5, 5.41) is 0. The first-order valence-corrected chi connectivity index (χ1v) is 8.72. The number of amides is 1. The average Bonchev–Trinajstić information content (AvgIpc) is 2.73. The number of ether oxygens (including phenoxy) is 1. The molecule has 0 unspecified atom stereocenters. The number of carbonyl (C=O) groups is 2. The molecule has 0 N–H and O–H groups in total. The van der Waals surface area contributed by atoms with E-state index in [-0.39, 0.29) is 5.91 Å². The molecule has 0 fully saturated rings. The first kappa shape index (κ1) is 18.4. The monoisotopic (exact) mass is 359 g/mol. The Morgan fingerprint density at radius 1 is 0.889 bits per heavy atom. The molecule has 3 aromatic rings. The van der Waals surface area contributed by atoms with Crippen molar-refractivity contribution in [3.8, 4) is 5.75 Å². The largest absolute Gasteiger partial charge is 0.489 e. The van der Waals surface area contributed by atoms with E-state index < -0.39 is 0 Å². The smallest absolute Gasteiger partial charge is 0.254 e. The first-order valence-electron chi connectivity index (χ1n) is 8.72. The van der Waals surface area contributed by atoms with E-state index in [2.05, 4.69) is 0 Å². The van der Waals surface area contributed by atoms with E-state index in [9.17, 15) is 9.59 Å². The first-order chi connectivity index (χ1) is 13.2. The van der Waals surface area contributed by atoms with E-state index >= 15 is 0 Å². The van der Waals surface area contributed by atoms with E-state index in [0.717, 1.165) is 16.9 Å². The van der Waals surface area contributed by atoms with Crippen LogP contribution in [0, 0.1) is 0 Å². The second-order valence-electron chi connectivity index (χ2n) is 6.28. The number of nitrogens with zero attached hydrogens (tertiary/aromatic N) is 1. The van der Waals surface area contributed by atoms with Gasteiger partial charge in [0, 0.05) is 19.2 Å². The van der Waals surface area contributed by atoms with E-state index in [1.54, 1.807) is 36.2 Å². The van der Waals surface area contributed by atoms with Gasteiger partial charge in [-0.2, -0.15) is 0 Å². The van der Waals surface area contributed by atoms with Crippen LogP contribution in [0.25, 0.3) is 0 Å². The van der Waals surface area contributed by atoms with Crippen molar-refractivity contribution in [2.24, 2.45) is 0 Å². The summed E-state index contributed by atoms with van der Waals surface area (Å²) in [6.45, 7) is 0.964. The summed E-state index contributed by atoms with van der Waals surface area (Å²) in [5.41, 5.74) is 2.92. The van der Waals surface area contributed by atoms with Crippen LogP contribution in [0.4, 0.5) is 0 Å². The van der Waals surface area contributed by atoms with Crippen LogP contribution in [0.2, 0.25) is 0 Å². The molecule has 27 heavy (non-hydrogen) atoms. The predicted octanol–water partition coefficient (Wildman–Crippen LogP) is 4.35. The van der Waals surface area contributed by atoms with Crippen molar-refractivity contribution in [2.45, 2.75) is 13.2 Å². The zero-order valence-electron chi connectivity index (χ0n) is 15.2. The highest BCUT2D eigenvalue weighted by Crippen LogP contribution is 2.16. The number of hydrogen-bond acceptors (Lipinski definition) is 3. The van der Waals surface area contributed by atoms with Gasteiger partial charge in [0.2, 0.25) is 0 Å². The molecule has 0 radical (unpaired) electrons. The second-order valence-corrected chi connectivity index (χ2v) is 6.28. The summed E-state index contributed by atoms with van der Waals surface area (Å²) in [7, 11) is 1.73. The molecule has 0 saturated carbocycles. The molecule has 1 amide bonds. The second kappa shape index (κ2) is 8.81. The average molecular weight is 359 g/mol. The van der Waals surface area contributed by atoms with Gasteiger partial charge >= 0.3 is 0 Å². The van der Waals surface area contributed by atoms with Gasteiger partial charge in [0.1, 0.15) is 12.4 Å². The van der Waals surface area contributed by atoms with E-state index in [4.69, 9.17) is 4.74 Å². The molecule has 0 atom stereocenters. The molecule has 0 spiro atoms. The van der Waals surface area contributed by atoms with E-state index in [1.807, 2.05) is 54.6 Å². The van der Waals surface area contributed by atoms with Crippen LogP contribution in [-0.2, 0) is 13.2 Å². The summed E-state index contributed by atoms with van der Waals surface area (Å²) in [4.78, 5) is 25.3. The molecule has 136 valence electrons. The molecule has 0 aromatic heterocycles. The maximum atomic E-state index is 12.6. The lowest BCUT2D eigenvalue weighted by Gasteiger charge is -2.18. The highest BCUT2D eigenvalue weighted by Gasteiger charge is 2.15. The quantitative estimate of drug-likeness (QED) is 0.589. The van der Waals surface area contributed by atoms with Gasteiger partial charge in [-0.05, 0) is 29.3 Å². The minimum Gasteiger partial charge on any atom is -0.489 e. The van der Waals surface area contributed by atoms with Crippen LogP contribution < -0.4 is 4.74 Å². The van der Waals surface area contributed by atoms with Gasteiger partial charge in [-0.1, -0.05) is 60.7 Å². The fourth-order valence-electron chi connectivity index (χ4n) is 2.78. The maximum absolute atomic E-state index is 12.6. The van der Waals surface area contributed by atoms with Crippen LogP contribution in [0.15, 0.2) is 78.9 Å². The van der Waals surface area contributed by atoms with Gasteiger partial charge in [-0.25, -0.2) is 0 Å². The van der Waals surface area contributed by atoms with Crippen LogP contribution in [0.3, 0.4) is 0 Å². The molecule has 0 aliphatic rings. The van der Waals surface area contributed by atoms with Gasteiger partial charge < -0.3 is 9.64 Å². The van der Waals surface area contributed by atoms with Crippen LogP contribution in [-0.4, -0.2) is 24.1 Å². The van der Waals surface area contributed by atoms with Gasteiger partial charge in [-0.15, -0.1) is 0 Å². The Balaban J connectivity index is 1.60. The molecule has 4 heteroatoms. The van der Waals surface area contributed by atoms with Gasteiger partial charge in [0.15, 0.2) is 6.29 Å². The van der Waals surface area contributed by atoms with Gasteiger partial charge in [0.25, 0.3) is 5.91 Å². The fourth-order valence-corrected chi connectivity index (χ4v) is 2.78. The van der Waals surface area contributed by atoms with Crippen molar-refractivity contribution in [3.63, 3.8) is 0 Å². The molecule has 3 aromatic carbocycles. The molecule has 0 heterocycles. The van der Waals surface area contributed by atoms with Crippen molar-refractivity contribution in [2.75, 3.05) is 7.05 Å². The zero-order chi connectivity index (χ0) is 19.1. The number of aldehydes is 1. The third-order valence-corrected chi connectivity index (χ3v) is 4.26. The topological polar surface area (TPSA) is 46.6 Å². The van der Waals surface area contributed by atoms with Crippen LogP contribution >= 0.6 is 0 Å². The highest BCUT2D eigenvalue weighted by atomic mass is 16.5. The van der Waals surface area contributed by atoms with Crippen molar-refractivity contribution < 1.29 is 14.3 Å². The summed E-state index contributed by atoms with van der Waals surface area (Å²) < 4.78 is 5.78. The molecular formula is C23H21NO3. The Morgan fingerprint density at radius 3 is 2.26 bits per heavy atom. The van der Waals surface area contributed by atoms with Crippen LogP contribution in [0.1, 0.15) is 31.8 Å². The summed E-state index contributed by atoms with van der Waals surface area (Å²) in [5.74, 6) is 0.602. The Bertz CT molecular complexity index is 904. The Labute approximate surface area is 159 Å². The molecular weight excluding hydrogens is 338 g/mol. The summed E-state index contributed by atoms with van der Waals surface area (Å²) in [6, 6.07) is 24.5. The van der Waals surface area contributed by atoms with Crippen molar-refractivity contribution in [1.29, 1.82) is 0 Å². The molecule has 0 saturated heterocycles. The Hall–Kier alpha value is -3.40. The Kier molecular flexibility index (Phi) is 6.00. The maximum Gasteiger partial charge on any atom is 0.254 e.